The van der Waals surface area contributed by atoms with Crippen LogP contribution in [0, 0.1) is 0 Å². The fourth-order valence-electron chi connectivity index (χ4n) is 3.02. The van der Waals surface area contributed by atoms with Crippen molar-refractivity contribution in [1.82, 2.24) is 14.6 Å². The standard InChI is InChI=1S/C22H36N5O10P/c1-14(2)36-21(28)31-11-34-38(30,35-12-32-22(29)37-15(3)4)13-33-16(5)7-6-8-17-9-10-18-19(23)25-20(24)26-27(17)18/h9-10,14-16H,6-8,11-13H2,1-5H3,(H4,23,24,25,26). The SMILES string of the molecule is CC(C)OC(=O)OCOP(=O)(COC(C)CCCc1ccc2c(N)nc(N)nn12)OCOC(=O)OC(C)C. The zero-order chi connectivity index (χ0) is 28.3. The number of hydrogen-bond donors (Lipinski definition) is 2. The topological polar surface area (TPSA) is 198 Å². The maximum absolute atomic E-state index is 13.1. The molecule has 0 aromatic carbocycles. The average Bonchev–Trinajstić information content (AvgIpc) is 3.20. The summed E-state index contributed by atoms with van der Waals surface area (Å²) in [5, 5.41) is 4.19. The summed E-state index contributed by atoms with van der Waals surface area (Å²) < 4.78 is 49.8. The third-order valence-electron chi connectivity index (χ3n) is 4.71. The Balaban J connectivity index is 1.87. The molecule has 214 valence electrons. The summed E-state index contributed by atoms with van der Waals surface area (Å²) in [6.45, 7) is 6.87. The molecule has 16 heteroatoms. The van der Waals surface area contributed by atoms with E-state index in [9.17, 15) is 14.2 Å². The van der Waals surface area contributed by atoms with Gasteiger partial charge in [0.1, 0.15) is 11.9 Å². The van der Waals surface area contributed by atoms with Crippen LogP contribution in [0.3, 0.4) is 0 Å². The van der Waals surface area contributed by atoms with E-state index in [4.69, 9.17) is 44.2 Å². The van der Waals surface area contributed by atoms with Crippen LogP contribution in [-0.2, 0) is 43.7 Å². The van der Waals surface area contributed by atoms with Crippen molar-refractivity contribution >= 4 is 37.2 Å². The Bertz CT molecular complexity index is 1080. The van der Waals surface area contributed by atoms with Gasteiger partial charge in [0.05, 0.1) is 18.3 Å². The third-order valence-corrected chi connectivity index (χ3v) is 6.17. The molecule has 0 aliphatic carbocycles. The van der Waals surface area contributed by atoms with Gasteiger partial charge in [-0.1, -0.05) is 0 Å². The van der Waals surface area contributed by atoms with Gasteiger partial charge < -0.3 is 35.2 Å². The van der Waals surface area contributed by atoms with E-state index in [0.717, 1.165) is 5.69 Å². The molecule has 0 amide bonds. The number of rotatable bonds is 15. The van der Waals surface area contributed by atoms with Crippen molar-refractivity contribution in [3.8, 4) is 0 Å². The lowest BCUT2D eigenvalue weighted by atomic mass is 10.1. The predicted molar refractivity (Wildman–Crippen MR) is 135 cm³/mol. The molecule has 1 atom stereocenters. The summed E-state index contributed by atoms with van der Waals surface area (Å²) in [6.07, 6.45) is -1.79. The van der Waals surface area contributed by atoms with E-state index >= 15 is 0 Å². The second-order valence-corrected chi connectivity index (χ2v) is 10.7. The van der Waals surface area contributed by atoms with Crippen LogP contribution in [0.4, 0.5) is 21.4 Å². The molecule has 15 nitrogen and oxygen atoms in total. The van der Waals surface area contributed by atoms with Crippen LogP contribution in [0.15, 0.2) is 12.1 Å². The number of nitrogens with zero attached hydrogens (tertiary/aromatic N) is 3. The summed E-state index contributed by atoms with van der Waals surface area (Å²) in [5.74, 6) is 0.363. The smallest absolute Gasteiger partial charge is 0.432 e. The molecule has 0 spiro atoms. The molecule has 2 rings (SSSR count). The molecular weight excluding hydrogens is 525 g/mol. The maximum Gasteiger partial charge on any atom is 0.510 e. The Morgan fingerprint density at radius 3 is 2.11 bits per heavy atom. The molecule has 0 aliphatic rings. The molecule has 4 N–H and O–H groups in total. The molecular formula is C22H36N5O10P. The normalized spacial score (nSPS) is 12.6. The van der Waals surface area contributed by atoms with E-state index < -0.39 is 52.0 Å². The molecule has 38 heavy (non-hydrogen) atoms. The van der Waals surface area contributed by atoms with Gasteiger partial charge in [-0.3, -0.25) is 13.6 Å². The summed E-state index contributed by atoms with van der Waals surface area (Å²) in [4.78, 5) is 27.0. The summed E-state index contributed by atoms with van der Waals surface area (Å²) in [5.41, 5.74) is 13.1. The van der Waals surface area contributed by atoms with Crippen molar-refractivity contribution in [3.05, 3.63) is 17.8 Å². The highest BCUT2D eigenvalue weighted by atomic mass is 31.2. The zero-order valence-corrected chi connectivity index (χ0v) is 23.0. The minimum Gasteiger partial charge on any atom is -0.432 e. The monoisotopic (exact) mass is 561 g/mol. The van der Waals surface area contributed by atoms with Crippen LogP contribution in [0.5, 0.6) is 0 Å². The summed E-state index contributed by atoms with van der Waals surface area (Å²) in [6, 6.07) is 3.70. The second-order valence-electron chi connectivity index (χ2n) is 8.70. The first-order valence-electron chi connectivity index (χ1n) is 11.9. The maximum atomic E-state index is 13.1. The summed E-state index contributed by atoms with van der Waals surface area (Å²) in [7, 11) is -4.01. The lowest BCUT2D eigenvalue weighted by Crippen LogP contribution is -2.18. The average molecular weight is 562 g/mol. The number of nitrogen functional groups attached to an aromatic ring is 2. The summed E-state index contributed by atoms with van der Waals surface area (Å²) >= 11 is 0. The Labute approximate surface area is 220 Å². The predicted octanol–water partition coefficient (Wildman–Crippen LogP) is 3.84. The minimum atomic E-state index is -4.01. The van der Waals surface area contributed by atoms with Gasteiger partial charge in [-0.05, 0) is 66.0 Å². The van der Waals surface area contributed by atoms with E-state index in [0.29, 0.717) is 30.6 Å². The molecule has 2 aromatic rings. The van der Waals surface area contributed by atoms with Gasteiger partial charge in [0.15, 0.2) is 5.82 Å². The molecule has 0 radical (unpaired) electrons. The number of anilines is 2. The molecule has 0 aliphatic heterocycles. The van der Waals surface area contributed by atoms with Gasteiger partial charge in [0.25, 0.3) is 0 Å². The Morgan fingerprint density at radius 1 is 0.974 bits per heavy atom. The number of aryl methyl sites for hydroxylation is 1. The number of carbonyl (C=O) groups excluding carboxylic acids is 2. The number of hydrogen-bond acceptors (Lipinski definition) is 14. The van der Waals surface area contributed by atoms with Crippen molar-refractivity contribution in [3.63, 3.8) is 0 Å². The van der Waals surface area contributed by atoms with Gasteiger partial charge in [0, 0.05) is 5.69 Å². The van der Waals surface area contributed by atoms with Crippen LogP contribution in [0.2, 0.25) is 0 Å². The van der Waals surface area contributed by atoms with E-state index in [2.05, 4.69) is 10.1 Å². The van der Waals surface area contributed by atoms with Gasteiger partial charge in [-0.2, -0.15) is 4.98 Å². The van der Waals surface area contributed by atoms with Crippen LogP contribution >= 0.6 is 7.60 Å². The first kappa shape index (κ1) is 31.1. The lowest BCUT2D eigenvalue weighted by molar-refractivity contribution is -0.0367. The zero-order valence-electron chi connectivity index (χ0n) is 22.2. The van der Waals surface area contributed by atoms with Gasteiger partial charge in [-0.15, -0.1) is 5.10 Å². The molecule has 0 saturated carbocycles. The Hall–Kier alpha value is -3.13. The van der Waals surface area contributed by atoms with E-state index in [1.54, 1.807) is 39.1 Å². The lowest BCUT2D eigenvalue weighted by Gasteiger charge is -2.21. The molecule has 0 fully saturated rings. The quantitative estimate of drug-likeness (QED) is 0.180. The van der Waals surface area contributed by atoms with Crippen molar-refractivity contribution in [2.45, 2.75) is 72.2 Å². The van der Waals surface area contributed by atoms with Crippen molar-refractivity contribution in [2.75, 3.05) is 31.4 Å². The minimum absolute atomic E-state index is 0.0720. The fraction of sp³-hybridized carbons (Fsp3) is 0.636. The van der Waals surface area contributed by atoms with Gasteiger partial charge >= 0.3 is 19.9 Å². The second kappa shape index (κ2) is 14.7. The Morgan fingerprint density at radius 2 is 1.55 bits per heavy atom. The molecule has 1 unspecified atom stereocenters. The van der Waals surface area contributed by atoms with Crippen molar-refractivity contribution < 1.29 is 46.9 Å². The van der Waals surface area contributed by atoms with E-state index in [1.165, 1.54) is 0 Å². The van der Waals surface area contributed by atoms with Crippen LogP contribution < -0.4 is 11.5 Å². The molecule has 0 bridgehead atoms. The van der Waals surface area contributed by atoms with E-state index in [-0.39, 0.29) is 12.1 Å². The van der Waals surface area contributed by atoms with Crippen LogP contribution in [0.1, 0.15) is 53.2 Å². The third kappa shape index (κ3) is 10.7. The number of fused-ring (bicyclic) bond motifs is 1. The van der Waals surface area contributed by atoms with E-state index in [1.807, 2.05) is 12.1 Å². The highest BCUT2D eigenvalue weighted by Gasteiger charge is 2.28. The highest BCUT2D eigenvalue weighted by Crippen LogP contribution is 2.48. The highest BCUT2D eigenvalue weighted by molar-refractivity contribution is 7.53. The Kier molecular flexibility index (Phi) is 12.0. The van der Waals surface area contributed by atoms with Crippen LogP contribution in [0.25, 0.3) is 5.52 Å². The molecule has 2 heterocycles. The number of nitrogens with two attached hydrogens (primary N) is 2. The van der Waals surface area contributed by atoms with Gasteiger partial charge in [-0.25, -0.2) is 14.1 Å². The molecule has 2 aromatic heterocycles. The van der Waals surface area contributed by atoms with Crippen LogP contribution in [-0.4, -0.2) is 65.2 Å². The largest absolute Gasteiger partial charge is 0.510 e. The van der Waals surface area contributed by atoms with Crippen molar-refractivity contribution in [1.29, 1.82) is 0 Å². The molecule has 0 saturated heterocycles. The number of aromatic nitrogens is 3. The van der Waals surface area contributed by atoms with Gasteiger partial charge in [0.2, 0.25) is 19.5 Å². The fourth-order valence-corrected chi connectivity index (χ4v) is 4.11. The first-order chi connectivity index (χ1) is 17.9. The number of ether oxygens (including phenoxy) is 5. The van der Waals surface area contributed by atoms with Crippen molar-refractivity contribution in [2.24, 2.45) is 0 Å². The number of carbonyl (C=O) groups is 2. The first-order valence-corrected chi connectivity index (χ1v) is 13.7.